The standard InChI is InChI=1S/C27H45NO3/c1-4-31-27(30)24-19-21-25(22-20-24)28-26(29)18-16-14-12-10-8-6-5-7-9-11-13-15-17-23(2)3/h19-23H,4-18H2,1-3H3,(H,28,29). The number of carbonyl (C=O) groups is 2. The summed E-state index contributed by atoms with van der Waals surface area (Å²) in [6, 6.07) is 6.85. The van der Waals surface area contributed by atoms with Gasteiger partial charge in [0, 0.05) is 12.1 Å². The van der Waals surface area contributed by atoms with Gasteiger partial charge in [0.25, 0.3) is 0 Å². The van der Waals surface area contributed by atoms with Crippen molar-refractivity contribution in [2.24, 2.45) is 5.92 Å². The highest BCUT2D eigenvalue weighted by Crippen LogP contribution is 2.15. The van der Waals surface area contributed by atoms with Crippen molar-refractivity contribution in [2.75, 3.05) is 11.9 Å². The number of rotatable bonds is 18. The summed E-state index contributed by atoms with van der Waals surface area (Å²) in [6.07, 6.45) is 17.6. The molecule has 4 heteroatoms. The first-order valence-electron chi connectivity index (χ1n) is 12.6. The molecule has 0 saturated carbocycles. The predicted molar refractivity (Wildman–Crippen MR) is 131 cm³/mol. The van der Waals surface area contributed by atoms with Gasteiger partial charge in [-0.05, 0) is 43.5 Å². The molecule has 0 unspecified atom stereocenters. The molecule has 1 aromatic rings. The van der Waals surface area contributed by atoms with Gasteiger partial charge in [-0.2, -0.15) is 0 Å². The van der Waals surface area contributed by atoms with Gasteiger partial charge in [0.15, 0.2) is 0 Å². The zero-order valence-corrected chi connectivity index (χ0v) is 20.2. The van der Waals surface area contributed by atoms with Gasteiger partial charge in [-0.15, -0.1) is 0 Å². The average Bonchev–Trinajstić information content (AvgIpc) is 2.74. The maximum atomic E-state index is 12.1. The second-order valence-electron chi connectivity index (χ2n) is 9.02. The Labute approximate surface area is 190 Å². The highest BCUT2D eigenvalue weighted by atomic mass is 16.5. The average molecular weight is 432 g/mol. The van der Waals surface area contributed by atoms with Crippen LogP contribution < -0.4 is 5.32 Å². The number of esters is 1. The molecule has 4 nitrogen and oxygen atoms in total. The minimum atomic E-state index is -0.336. The van der Waals surface area contributed by atoms with Crippen molar-refractivity contribution in [1.82, 2.24) is 0 Å². The van der Waals surface area contributed by atoms with Crippen LogP contribution in [0.15, 0.2) is 24.3 Å². The molecule has 0 aliphatic carbocycles. The smallest absolute Gasteiger partial charge is 0.338 e. The number of amides is 1. The van der Waals surface area contributed by atoms with E-state index in [4.69, 9.17) is 4.74 Å². The van der Waals surface area contributed by atoms with Crippen LogP contribution in [0.5, 0.6) is 0 Å². The van der Waals surface area contributed by atoms with Crippen molar-refractivity contribution in [3.8, 4) is 0 Å². The fourth-order valence-corrected chi connectivity index (χ4v) is 3.73. The van der Waals surface area contributed by atoms with Crippen molar-refractivity contribution < 1.29 is 14.3 Å². The maximum absolute atomic E-state index is 12.1. The SMILES string of the molecule is CCOC(=O)c1ccc(NC(=O)CCCCCCCCCCCCCCC(C)C)cc1. The number of unbranched alkanes of at least 4 members (excludes halogenated alkanes) is 11. The molecule has 0 aromatic heterocycles. The molecule has 0 aliphatic heterocycles. The molecule has 0 spiro atoms. The first-order valence-corrected chi connectivity index (χ1v) is 12.6. The first kappa shape index (κ1) is 27.2. The van der Waals surface area contributed by atoms with Gasteiger partial charge in [-0.3, -0.25) is 4.79 Å². The van der Waals surface area contributed by atoms with Gasteiger partial charge < -0.3 is 10.1 Å². The quantitative estimate of drug-likeness (QED) is 0.190. The molecule has 0 fully saturated rings. The van der Waals surface area contributed by atoms with Gasteiger partial charge in [-0.1, -0.05) is 90.9 Å². The van der Waals surface area contributed by atoms with E-state index in [2.05, 4.69) is 19.2 Å². The number of ether oxygens (including phenoxy) is 1. The van der Waals surface area contributed by atoms with E-state index in [1.165, 1.54) is 70.6 Å². The molecular formula is C27H45NO3. The monoisotopic (exact) mass is 431 g/mol. The van der Waals surface area contributed by atoms with Gasteiger partial charge >= 0.3 is 5.97 Å². The lowest BCUT2D eigenvalue weighted by Crippen LogP contribution is -2.11. The number of hydrogen-bond donors (Lipinski definition) is 1. The van der Waals surface area contributed by atoms with Crippen molar-refractivity contribution in [3.05, 3.63) is 29.8 Å². The molecule has 0 aliphatic rings. The van der Waals surface area contributed by atoms with E-state index in [-0.39, 0.29) is 11.9 Å². The molecule has 0 atom stereocenters. The van der Waals surface area contributed by atoms with Crippen molar-refractivity contribution in [2.45, 2.75) is 111 Å². The van der Waals surface area contributed by atoms with Crippen LogP contribution in [0.1, 0.15) is 121 Å². The van der Waals surface area contributed by atoms with Crippen LogP contribution in [0.2, 0.25) is 0 Å². The lowest BCUT2D eigenvalue weighted by atomic mass is 10.0. The topological polar surface area (TPSA) is 55.4 Å². The van der Waals surface area contributed by atoms with E-state index in [1.54, 1.807) is 31.2 Å². The summed E-state index contributed by atoms with van der Waals surface area (Å²) in [6.45, 7) is 6.76. The van der Waals surface area contributed by atoms with Crippen LogP contribution in [0.25, 0.3) is 0 Å². The van der Waals surface area contributed by atoms with Gasteiger partial charge in [0.05, 0.1) is 12.2 Å². The minimum Gasteiger partial charge on any atom is -0.462 e. The number of nitrogens with one attached hydrogen (secondary N) is 1. The third-order valence-corrected chi connectivity index (χ3v) is 5.62. The predicted octanol–water partition coefficient (Wildman–Crippen LogP) is 7.92. The van der Waals surface area contributed by atoms with Gasteiger partial charge in [-0.25, -0.2) is 4.79 Å². The van der Waals surface area contributed by atoms with Crippen LogP contribution in [-0.2, 0) is 9.53 Å². The Hall–Kier alpha value is -1.84. The summed E-state index contributed by atoms with van der Waals surface area (Å²) < 4.78 is 4.96. The molecule has 1 N–H and O–H groups in total. The Morgan fingerprint density at radius 1 is 0.774 bits per heavy atom. The van der Waals surface area contributed by atoms with Gasteiger partial charge in [0.2, 0.25) is 5.91 Å². The van der Waals surface area contributed by atoms with Gasteiger partial charge in [0.1, 0.15) is 0 Å². The van der Waals surface area contributed by atoms with Crippen LogP contribution in [0.4, 0.5) is 5.69 Å². The van der Waals surface area contributed by atoms with Crippen molar-refractivity contribution in [1.29, 1.82) is 0 Å². The number of anilines is 1. The highest BCUT2D eigenvalue weighted by molar-refractivity contribution is 5.93. The minimum absolute atomic E-state index is 0.0391. The van der Waals surface area contributed by atoms with E-state index < -0.39 is 0 Å². The Morgan fingerprint density at radius 2 is 1.26 bits per heavy atom. The van der Waals surface area contributed by atoms with E-state index in [9.17, 15) is 9.59 Å². The van der Waals surface area contributed by atoms with Crippen molar-refractivity contribution >= 4 is 17.6 Å². The molecular weight excluding hydrogens is 386 g/mol. The molecule has 31 heavy (non-hydrogen) atoms. The molecule has 1 amide bonds. The van der Waals surface area contributed by atoms with Crippen LogP contribution >= 0.6 is 0 Å². The summed E-state index contributed by atoms with van der Waals surface area (Å²) in [5, 5.41) is 2.90. The van der Waals surface area contributed by atoms with E-state index in [1.807, 2.05) is 0 Å². The fourth-order valence-electron chi connectivity index (χ4n) is 3.73. The zero-order chi connectivity index (χ0) is 22.7. The molecule has 1 aromatic carbocycles. The lowest BCUT2D eigenvalue weighted by Gasteiger charge is -2.07. The molecule has 176 valence electrons. The number of carbonyl (C=O) groups excluding carboxylic acids is 2. The third kappa shape index (κ3) is 14.7. The maximum Gasteiger partial charge on any atom is 0.338 e. The fraction of sp³-hybridized carbons (Fsp3) is 0.704. The Kier molecular flexibility index (Phi) is 15.6. The largest absolute Gasteiger partial charge is 0.462 e. The van der Waals surface area contributed by atoms with Crippen LogP contribution in [0, 0.1) is 5.92 Å². The Balaban J connectivity index is 1.94. The summed E-state index contributed by atoms with van der Waals surface area (Å²) >= 11 is 0. The Bertz CT molecular complexity index is 595. The summed E-state index contributed by atoms with van der Waals surface area (Å²) in [5.41, 5.74) is 1.22. The number of benzene rings is 1. The van der Waals surface area contributed by atoms with E-state index >= 15 is 0 Å². The lowest BCUT2D eigenvalue weighted by molar-refractivity contribution is -0.116. The van der Waals surface area contributed by atoms with Crippen LogP contribution in [0.3, 0.4) is 0 Å². The summed E-state index contributed by atoms with van der Waals surface area (Å²) in [7, 11) is 0. The zero-order valence-electron chi connectivity index (χ0n) is 20.2. The normalized spacial score (nSPS) is 11.0. The van der Waals surface area contributed by atoms with E-state index in [0.29, 0.717) is 18.6 Å². The molecule has 1 rings (SSSR count). The Morgan fingerprint density at radius 3 is 1.74 bits per heavy atom. The third-order valence-electron chi connectivity index (χ3n) is 5.62. The highest BCUT2D eigenvalue weighted by Gasteiger charge is 2.07. The number of hydrogen-bond acceptors (Lipinski definition) is 3. The second-order valence-corrected chi connectivity index (χ2v) is 9.02. The molecule has 0 bridgehead atoms. The second kappa shape index (κ2) is 17.8. The van der Waals surface area contributed by atoms with Crippen LogP contribution in [-0.4, -0.2) is 18.5 Å². The molecule has 0 radical (unpaired) electrons. The van der Waals surface area contributed by atoms with Crippen molar-refractivity contribution in [3.63, 3.8) is 0 Å². The summed E-state index contributed by atoms with van der Waals surface area (Å²) in [5.74, 6) is 0.556. The first-order chi connectivity index (χ1) is 15.0. The van der Waals surface area contributed by atoms with E-state index in [0.717, 1.165) is 24.4 Å². The molecule has 0 heterocycles. The summed E-state index contributed by atoms with van der Waals surface area (Å²) in [4.78, 5) is 23.7. The molecule has 0 saturated heterocycles.